The number of aryl methyl sites for hydroxylation is 1. The van der Waals surface area contributed by atoms with Crippen LogP contribution >= 0.6 is 0 Å². The van der Waals surface area contributed by atoms with Crippen molar-refractivity contribution in [2.75, 3.05) is 0 Å². The van der Waals surface area contributed by atoms with E-state index in [0.29, 0.717) is 17.5 Å². The minimum Gasteiger partial charge on any atom is -0.456 e. The van der Waals surface area contributed by atoms with Gasteiger partial charge in [0.15, 0.2) is 23.2 Å². The summed E-state index contributed by atoms with van der Waals surface area (Å²) in [5.41, 5.74) is 11.4. The van der Waals surface area contributed by atoms with E-state index in [2.05, 4.69) is 80.6 Å². The highest BCUT2D eigenvalue weighted by Gasteiger charge is 2.20. The molecule has 0 radical (unpaired) electrons. The van der Waals surface area contributed by atoms with Gasteiger partial charge in [0.1, 0.15) is 22.5 Å². The summed E-state index contributed by atoms with van der Waals surface area (Å²) in [6, 6.07) is 59.5. The van der Waals surface area contributed by atoms with Crippen LogP contribution in [0.2, 0.25) is 0 Å². The summed E-state index contributed by atoms with van der Waals surface area (Å²) in [6.07, 6.45) is 0. The molecule has 0 amide bonds. The molecule has 0 spiro atoms. The molecule has 6 heteroatoms. The van der Waals surface area contributed by atoms with Gasteiger partial charge in [-0.1, -0.05) is 133 Å². The van der Waals surface area contributed by atoms with Crippen LogP contribution in [0.15, 0.2) is 190 Å². The lowest BCUT2D eigenvalue weighted by atomic mass is 9.98. The fourth-order valence-corrected chi connectivity index (χ4v) is 7.54. The van der Waals surface area contributed by atoms with Crippen molar-refractivity contribution >= 4 is 38.6 Å². The van der Waals surface area contributed by atoms with Crippen molar-refractivity contribution in [3.05, 3.63) is 198 Å². The minimum absolute atomic E-state index is 0.138. The Hall–Kier alpha value is -7.44. The largest absolute Gasteiger partial charge is 0.456 e. The van der Waals surface area contributed by atoms with E-state index in [-0.39, 0.29) is 6.04 Å². The van der Waals surface area contributed by atoms with Gasteiger partial charge in [0.05, 0.1) is 6.04 Å². The molecule has 0 aliphatic heterocycles. The highest BCUT2D eigenvalue weighted by Crippen LogP contribution is 2.36. The Morgan fingerprint density at radius 3 is 1.74 bits per heavy atom. The number of hydrogen-bond acceptors (Lipinski definition) is 6. The second-order valence-corrected chi connectivity index (χ2v) is 14.3. The average Bonchev–Trinajstić information content (AvgIpc) is 3.82. The SMILES string of the molecule is Cc1c(/C(=N\C(C)c2cccc(-c3ccc4c(c3)oc3ccc(-c5nc(-c6ccccc6)nc(-c6ccccc6)n5)cc34)c2)c2ccccc2)oc2ccccc12. The van der Waals surface area contributed by atoms with Crippen molar-refractivity contribution < 1.29 is 8.83 Å². The Morgan fingerprint density at radius 2 is 1.04 bits per heavy atom. The first-order valence-corrected chi connectivity index (χ1v) is 19.1. The third kappa shape index (κ3) is 6.47. The van der Waals surface area contributed by atoms with Gasteiger partial charge in [-0.25, -0.2) is 15.0 Å². The molecule has 0 bridgehead atoms. The number of benzene rings is 7. The molecule has 0 aliphatic carbocycles. The van der Waals surface area contributed by atoms with Gasteiger partial charge in [-0.15, -0.1) is 0 Å². The van der Waals surface area contributed by atoms with Crippen molar-refractivity contribution in [1.82, 2.24) is 15.0 Å². The molecule has 1 unspecified atom stereocenters. The standard InChI is InChI=1S/C51H36N4O2/c1-32-41-23-12-13-24-44(41)57-48(32)47(34-15-6-3-7-16-34)52-33(2)37-21-14-22-38(29-37)39-25-27-42-43-30-40(26-28-45(43)56-46(42)31-39)51-54-49(35-17-8-4-9-18-35)53-50(55-51)36-19-10-5-11-20-36/h3-31,33H,1-2H3/b52-47-. The molecule has 6 nitrogen and oxygen atoms in total. The molecule has 0 fully saturated rings. The molecule has 1 atom stereocenters. The Labute approximate surface area is 329 Å². The second-order valence-electron chi connectivity index (χ2n) is 14.3. The third-order valence-corrected chi connectivity index (χ3v) is 10.6. The van der Waals surface area contributed by atoms with E-state index in [9.17, 15) is 0 Å². The van der Waals surface area contributed by atoms with Crippen LogP contribution in [0.3, 0.4) is 0 Å². The number of furan rings is 2. The fourth-order valence-electron chi connectivity index (χ4n) is 7.54. The molecule has 7 aromatic carbocycles. The zero-order chi connectivity index (χ0) is 38.3. The Balaban J connectivity index is 1.00. The summed E-state index contributed by atoms with van der Waals surface area (Å²) < 4.78 is 12.9. The van der Waals surface area contributed by atoms with Crippen molar-refractivity contribution in [1.29, 1.82) is 0 Å². The van der Waals surface area contributed by atoms with E-state index in [1.165, 1.54) is 0 Å². The first-order chi connectivity index (χ1) is 28.1. The molecule has 0 saturated heterocycles. The van der Waals surface area contributed by atoms with Gasteiger partial charge in [-0.05, 0) is 73.0 Å². The summed E-state index contributed by atoms with van der Waals surface area (Å²) in [6.45, 7) is 4.24. The summed E-state index contributed by atoms with van der Waals surface area (Å²) in [5.74, 6) is 2.66. The Kier molecular flexibility index (Phi) is 8.57. The molecule has 0 saturated carbocycles. The van der Waals surface area contributed by atoms with Gasteiger partial charge in [0.25, 0.3) is 0 Å². The predicted molar refractivity (Wildman–Crippen MR) is 230 cm³/mol. The van der Waals surface area contributed by atoms with Crippen LogP contribution in [0.4, 0.5) is 0 Å². The monoisotopic (exact) mass is 736 g/mol. The molecule has 3 heterocycles. The average molecular weight is 737 g/mol. The molecule has 10 rings (SSSR count). The normalized spacial score (nSPS) is 12.4. The van der Waals surface area contributed by atoms with E-state index in [1.807, 2.05) is 109 Å². The molecule has 0 aliphatic rings. The number of aromatic nitrogens is 3. The molecule has 272 valence electrons. The number of para-hydroxylation sites is 1. The summed E-state index contributed by atoms with van der Waals surface area (Å²) >= 11 is 0. The summed E-state index contributed by atoms with van der Waals surface area (Å²) in [4.78, 5) is 20.1. The lowest BCUT2D eigenvalue weighted by Crippen LogP contribution is -2.06. The summed E-state index contributed by atoms with van der Waals surface area (Å²) in [5, 5.41) is 3.13. The lowest BCUT2D eigenvalue weighted by molar-refractivity contribution is 0.600. The number of aliphatic imine (C=N–C) groups is 1. The van der Waals surface area contributed by atoms with Crippen molar-refractivity contribution in [3.63, 3.8) is 0 Å². The Morgan fingerprint density at radius 1 is 0.456 bits per heavy atom. The Bertz CT molecular complexity index is 3040. The van der Waals surface area contributed by atoms with Crippen LogP contribution < -0.4 is 0 Å². The number of nitrogens with zero attached hydrogens (tertiary/aromatic N) is 4. The zero-order valence-corrected chi connectivity index (χ0v) is 31.4. The quantitative estimate of drug-likeness (QED) is 0.145. The molecule has 10 aromatic rings. The topological polar surface area (TPSA) is 77.3 Å². The van der Waals surface area contributed by atoms with Crippen molar-refractivity contribution in [3.8, 4) is 45.3 Å². The highest BCUT2D eigenvalue weighted by atomic mass is 16.3. The van der Waals surface area contributed by atoms with Gasteiger partial charge in [0.2, 0.25) is 0 Å². The van der Waals surface area contributed by atoms with E-state index < -0.39 is 0 Å². The van der Waals surface area contributed by atoms with E-state index in [4.69, 9.17) is 28.8 Å². The molecular weight excluding hydrogens is 701 g/mol. The predicted octanol–water partition coefficient (Wildman–Crippen LogP) is 13.1. The third-order valence-electron chi connectivity index (χ3n) is 10.6. The first-order valence-electron chi connectivity index (χ1n) is 19.1. The van der Waals surface area contributed by atoms with Crippen LogP contribution in [0.5, 0.6) is 0 Å². The number of fused-ring (bicyclic) bond motifs is 4. The van der Waals surface area contributed by atoms with E-state index in [1.54, 1.807) is 0 Å². The van der Waals surface area contributed by atoms with Gasteiger partial charge in [0, 0.05) is 44.0 Å². The fraction of sp³-hybridized carbons (Fsp3) is 0.0588. The first kappa shape index (κ1) is 34.1. The van der Waals surface area contributed by atoms with Crippen LogP contribution in [-0.2, 0) is 0 Å². The van der Waals surface area contributed by atoms with Gasteiger partial charge in [-0.2, -0.15) is 0 Å². The molecule has 57 heavy (non-hydrogen) atoms. The van der Waals surface area contributed by atoms with Crippen molar-refractivity contribution in [2.24, 2.45) is 4.99 Å². The maximum atomic E-state index is 6.47. The number of rotatable bonds is 8. The maximum Gasteiger partial charge on any atom is 0.164 e. The molecule has 3 aromatic heterocycles. The van der Waals surface area contributed by atoms with Crippen molar-refractivity contribution in [2.45, 2.75) is 19.9 Å². The van der Waals surface area contributed by atoms with Crippen LogP contribution in [0, 0.1) is 6.92 Å². The van der Waals surface area contributed by atoms with Gasteiger partial charge < -0.3 is 8.83 Å². The second kappa shape index (κ2) is 14.3. The van der Waals surface area contributed by atoms with Crippen LogP contribution in [-0.4, -0.2) is 20.7 Å². The summed E-state index contributed by atoms with van der Waals surface area (Å²) in [7, 11) is 0. The lowest BCUT2D eigenvalue weighted by Gasteiger charge is -2.13. The van der Waals surface area contributed by atoms with Gasteiger partial charge >= 0.3 is 0 Å². The van der Waals surface area contributed by atoms with Crippen LogP contribution in [0.25, 0.3) is 78.2 Å². The smallest absolute Gasteiger partial charge is 0.164 e. The van der Waals surface area contributed by atoms with Crippen LogP contribution in [0.1, 0.15) is 35.4 Å². The number of hydrogen-bond donors (Lipinski definition) is 0. The van der Waals surface area contributed by atoms with Gasteiger partial charge in [-0.3, -0.25) is 4.99 Å². The molecular formula is C51H36N4O2. The zero-order valence-electron chi connectivity index (χ0n) is 31.4. The minimum atomic E-state index is -0.138. The van der Waals surface area contributed by atoms with E-state index in [0.717, 1.165) is 88.9 Å². The molecule has 0 N–H and O–H groups in total. The van der Waals surface area contributed by atoms with E-state index >= 15 is 0 Å². The highest BCUT2D eigenvalue weighted by molar-refractivity contribution is 6.14. The maximum absolute atomic E-state index is 6.47.